The van der Waals surface area contributed by atoms with Gasteiger partial charge in [0.2, 0.25) is 0 Å². The molecule has 1 atom stereocenters. The van der Waals surface area contributed by atoms with Crippen LogP contribution in [0.4, 0.5) is 0 Å². The van der Waals surface area contributed by atoms with E-state index in [1.54, 1.807) is 0 Å². The van der Waals surface area contributed by atoms with Gasteiger partial charge in [0.05, 0.1) is 5.70 Å². The smallest absolute Gasteiger partial charge is 0.192 e. The second-order valence-corrected chi connectivity index (χ2v) is 10.0. The zero-order valence-electron chi connectivity index (χ0n) is 19.2. The summed E-state index contributed by atoms with van der Waals surface area (Å²) in [6, 6.07) is 25.1. The molecule has 34 heavy (non-hydrogen) atoms. The number of hydrogen-bond donors (Lipinski definition) is 1. The number of fused-ring (bicyclic) bond motifs is 2. The first-order valence-corrected chi connectivity index (χ1v) is 11.7. The average Bonchev–Trinajstić information content (AvgIpc) is 3.10. The summed E-state index contributed by atoms with van der Waals surface area (Å²) in [5, 5.41) is 3.53. The maximum atomic E-state index is 13.6. The Balaban J connectivity index is 1.50. The molecule has 1 N–H and O–H groups in total. The lowest BCUT2D eigenvalue weighted by atomic mass is 9.68. The molecule has 3 aliphatic rings. The molecule has 3 aromatic rings. The van der Waals surface area contributed by atoms with Crippen LogP contribution in [-0.4, -0.2) is 11.6 Å². The number of para-hydroxylation sites is 1. The first-order chi connectivity index (χ1) is 16.4. The van der Waals surface area contributed by atoms with E-state index < -0.39 is 5.92 Å². The molecule has 0 aromatic heterocycles. The van der Waals surface area contributed by atoms with Crippen molar-refractivity contribution >= 4 is 17.3 Å². The summed E-state index contributed by atoms with van der Waals surface area (Å²) in [7, 11) is 0. The molecule has 1 heterocycles. The van der Waals surface area contributed by atoms with Gasteiger partial charge >= 0.3 is 0 Å². The first kappa shape index (κ1) is 20.7. The van der Waals surface area contributed by atoms with Crippen LogP contribution in [0.1, 0.15) is 54.1 Å². The molecule has 4 heteroatoms. The second-order valence-electron chi connectivity index (χ2n) is 10.0. The van der Waals surface area contributed by atoms with Gasteiger partial charge in [-0.05, 0) is 41.7 Å². The van der Waals surface area contributed by atoms with E-state index in [0.29, 0.717) is 23.3 Å². The van der Waals surface area contributed by atoms with Crippen molar-refractivity contribution in [1.82, 2.24) is 5.32 Å². The Bertz CT molecular complexity index is 1410. The first-order valence-electron chi connectivity index (χ1n) is 11.7. The van der Waals surface area contributed by atoms with Gasteiger partial charge in [-0.1, -0.05) is 68.4 Å². The Morgan fingerprint density at radius 1 is 0.794 bits per heavy atom. The third kappa shape index (κ3) is 3.29. The molecular formula is C30H25NO3. The van der Waals surface area contributed by atoms with E-state index in [4.69, 9.17) is 4.74 Å². The summed E-state index contributed by atoms with van der Waals surface area (Å²) in [5.41, 5.74) is 5.50. The van der Waals surface area contributed by atoms with Crippen molar-refractivity contribution in [2.45, 2.75) is 32.6 Å². The Morgan fingerprint density at radius 2 is 1.50 bits per heavy atom. The van der Waals surface area contributed by atoms with Gasteiger partial charge in [-0.3, -0.25) is 9.59 Å². The van der Waals surface area contributed by atoms with Crippen LogP contribution < -0.4 is 10.1 Å². The van der Waals surface area contributed by atoms with Crippen molar-refractivity contribution in [3.8, 4) is 11.5 Å². The highest BCUT2D eigenvalue weighted by molar-refractivity contribution is 6.23. The van der Waals surface area contributed by atoms with Crippen molar-refractivity contribution in [3.63, 3.8) is 0 Å². The van der Waals surface area contributed by atoms with Crippen molar-refractivity contribution in [1.29, 1.82) is 0 Å². The SMILES string of the molecule is CC1(C)CC(=O)C2=C(C1)NC1=C(C(=O)c3ccccc31)[C@H]2c1cccc(Oc2ccccc2)c1. The monoisotopic (exact) mass is 447 g/mol. The molecule has 0 unspecified atom stereocenters. The number of carbonyl (C=O) groups is 2. The molecule has 0 amide bonds. The average molecular weight is 448 g/mol. The van der Waals surface area contributed by atoms with E-state index >= 15 is 0 Å². The topological polar surface area (TPSA) is 55.4 Å². The lowest BCUT2D eigenvalue weighted by Gasteiger charge is -2.39. The molecule has 6 rings (SSSR count). The number of Topliss-reactive ketones (excluding diaryl/α,β-unsaturated/α-hetero) is 2. The minimum Gasteiger partial charge on any atom is -0.457 e. The van der Waals surface area contributed by atoms with Crippen molar-refractivity contribution < 1.29 is 14.3 Å². The van der Waals surface area contributed by atoms with Crippen LogP contribution in [0, 0.1) is 5.41 Å². The number of ketones is 2. The highest BCUT2D eigenvalue weighted by atomic mass is 16.5. The maximum Gasteiger partial charge on any atom is 0.192 e. The predicted octanol–water partition coefficient (Wildman–Crippen LogP) is 6.42. The number of allylic oxidation sites excluding steroid dienone is 3. The zero-order chi connectivity index (χ0) is 23.4. The minimum absolute atomic E-state index is 0.0123. The van der Waals surface area contributed by atoms with Gasteiger partial charge in [0.25, 0.3) is 0 Å². The maximum absolute atomic E-state index is 13.6. The Labute approximate surface area is 199 Å². The van der Waals surface area contributed by atoms with Gasteiger partial charge in [-0.15, -0.1) is 0 Å². The number of ether oxygens (including phenoxy) is 1. The molecule has 1 aliphatic heterocycles. The van der Waals surface area contributed by atoms with Gasteiger partial charge in [0.1, 0.15) is 11.5 Å². The fourth-order valence-corrected chi connectivity index (χ4v) is 5.50. The second kappa shape index (κ2) is 7.56. The molecule has 4 nitrogen and oxygen atoms in total. The fraction of sp³-hybridized carbons (Fsp3) is 0.200. The van der Waals surface area contributed by atoms with Crippen molar-refractivity contribution in [2.75, 3.05) is 0 Å². The molecule has 3 aromatic carbocycles. The van der Waals surface area contributed by atoms with Crippen LogP contribution in [-0.2, 0) is 4.79 Å². The number of hydrogen-bond acceptors (Lipinski definition) is 4. The van der Waals surface area contributed by atoms with Gasteiger partial charge < -0.3 is 10.1 Å². The molecule has 0 saturated carbocycles. The third-order valence-electron chi connectivity index (χ3n) is 6.90. The molecule has 0 fully saturated rings. The predicted molar refractivity (Wildman–Crippen MR) is 132 cm³/mol. The summed E-state index contributed by atoms with van der Waals surface area (Å²) >= 11 is 0. The van der Waals surface area contributed by atoms with E-state index in [-0.39, 0.29) is 17.0 Å². The minimum atomic E-state index is -0.422. The van der Waals surface area contributed by atoms with Gasteiger partial charge in [-0.25, -0.2) is 0 Å². The number of carbonyl (C=O) groups excluding carboxylic acids is 2. The summed E-state index contributed by atoms with van der Waals surface area (Å²) in [6.07, 6.45) is 1.23. The normalized spacial score (nSPS) is 20.5. The summed E-state index contributed by atoms with van der Waals surface area (Å²) in [5.74, 6) is 1.09. The third-order valence-corrected chi connectivity index (χ3v) is 6.90. The van der Waals surface area contributed by atoms with Crippen LogP contribution in [0.25, 0.3) is 5.70 Å². The molecule has 168 valence electrons. The number of nitrogens with one attached hydrogen (secondary N) is 1. The van der Waals surface area contributed by atoms with E-state index in [9.17, 15) is 9.59 Å². The molecule has 2 aliphatic carbocycles. The summed E-state index contributed by atoms with van der Waals surface area (Å²) in [4.78, 5) is 27.1. The number of rotatable bonds is 3. The Hall–Kier alpha value is -3.92. The molecule has 0 bridgehead atoms. The largest absolute Gasteiger partial charge is 0.457 e. The molecule has 0 radical (unpaired) electrons. The van der Waals surface area contributed by atoms with Crippen molar-refractivity contribution in [3.05, 3.63) is 112 Å². The van der Waals surface area contributed by atoms with Crippen LogP contribution >= 0.6 is 0 Å². The lowest BCUT2D eigenvalue weighted by Crippen LogP contribution is -2.37. The van der Waals surface area contributed by atoms with Gasteiger partial charge in [-0.2, -0.15) is 0 Å². The summed E-state index contributed by atoms with van der Waals surface area (Å²) in [6.45, 7) is 4.24. The van der Waals surface area contributed by atoms with Crippen LogP contribution in [0.2, 0.25) is 0 Å². The van der Waals surface area contributed by atoms with Crippen LogP contribution in [0.3, 0.4) is 0 Å². The Kier molecular flexibility index (Phi) is 4.59. The van der Waals surface area contributed by atoms with E-state index in [2.05, 4.69) is 19.2 Å². The lowest BCUT2D eigenvalue weighted by molar-refractivity contribution is -0.118. The summed E-state index contributed by atoms with van der Waals surface area (Å²) < 4.78 is 6.09. The number of benzene rings is 3. The van der Waals surface area contributed by atoms with Crippen LogP contribution in [0.15, 0.2) is 95.7 Å². The van der Waals surface area contributed by atoms with Crippen LogP contribution in [0.5, 0.6) is 11.5 Å². The number of dihydropyridines is 1. The fourth-order valence-electron chi connectivity index (χ4n) is 5.50. The Morgan fingerprint density at radius 3 is 2.29 bits per heavy atom. The molecule has 0 spiro atoms. The van der Waals surface area contributed by atoms with Gasteiger partial charge in [0, 0.05) is 40.3 Å². The zero-order valence-corrected chi connectivity index (χ0v) is 19.2. The van der Waals surface area contributed by atoms with E-state index in [1.807, 2.05) is 78.9 Å². The van der Waals surface area contributed by atoms with Gasteiger partial charge in [0.15, 0.2) is 11.6 Å². The van der Waals surface area contributed by atoms with Crippen molar-refractivity contribution in [2.24, 2.45) is 5.41 Å². The quantitative estimate of drug-likeness (QED) is 0.504. The highest BCUT2D eigenvalue weighted by Gasteiger charge is 2.46. The standard InChI is InChI=1S/C30H25NO3/c1-30(2)16-23-26(24(32)17-30)25(27-28(31-23)21-13-6-7-14-22(21)29(27)33)18-9-8-12-20(15-18)34-19-10-4-3-5-11-19/h3-15,25,31H,16-17H2,1-2H3/t25-/m0/s1. The van der Waals surface area contributed by atoms with E-state index in [1.165, 1.54) is 0 Å². The van der Waals surface area contributed by atoms with E-state index in [0.717, 1.165) is 40.3 Å². The molecule has 0 saturated heterocycles. The highest BCUT2D eigenvalue weighted by Crippen LogP contribution is 2.51. The molecular weight excluding hydrogens is 422 g/mol.